The second-order valence-electron chi connectivity index (χ2n) is 8.88. The van der Waals surface area contributed by atoms with E-state index in [1.54, 1.807) is 0 Å². The lowest BCUT2D eigenvalue weighted by Crippen LogP contribution is -2.21. The van der Waals surface area contributed by atoms with Crippen molar-refractivity contribution >= 4 is 34.3 Å². The van der Waals surface area contributed by atoms with Crippen LogP contribution in [0.1, 0.15) is 52.0 Å². The second-order valence-corrected chi connectivity index (χ2v) is 9.26. The van der Waals surface area contributed by atoms with Crippen molar-refractivity contribution in [3.63, 3.8) is 0 Å². The maximum absolute atomic E-state index is 12.2. The Morgan fingerprint density at radius 1 is 1.16 bits per heavy atom. The van der Waals surface area contributed by atoms with Crippen molar-refractivity contribution in [2.24, 2.45) is 5.92 Å². The van der Waals surface area contributed by atoms with E-state index < -0.39 is 6.09 Å². The predicted molar refractivity (Wildman–Crippen MR) is 129 cm³/mol. The topological polar surface area (TPSA) is 52.5 Å². The van der Waals surface area contributed by atoms with Crippen molar-refractivity contribution in [1.82, 2.24) is 4.57 Å². The Morgan fingerprint density at radius 3 is 2.53 bits per heavy atom. The molecule has 1 heterocycles. The van der Waals surface area contributed by atoms with E-state index in [-0.39, 0.29) is 6.10 Å². The van der Waals surface area contributed by atoms with Gasteiger partial charge in [0, 0.05) is 23.2 Å². The number of fused-ring (bicyclic) bond motifs is 1. The lowest BCUT2D eigenvalue weighted by atomic mass is 9.92. The summed E-state index contributed by atoms with van der Waals surface area (Å²) in [7, 11) is 0. The molecule has 2 aromatic carbocycles. The highest BCUT2D eigenvalue weighted by Crippen LogP contribution is 2.45. The number of aromatic nitrogens is 1. The molecule has 0 bridgehead atoms. The molecule has 1 N–H and O–H groups in total. The van der Waals surface area contributed by atoms with Crippen LogP contribution in [-0.2, 0) is 4.74 Å². The molecule has 2 saturated carbocycles. The number of nitrogens with zero attached hydrogens (tertiary/aromatic N) is 1. The van der Waals surface area contributed by atoms with Crippen LogP contribution < -0.4 is 10.1 Å². The van der Waals surface area contributed by atoms with Gasteiger partial charge in [-0.3, -0.25) is 5.32 Å². The number of hydrogen-bond donors (Lipinski definition) is 1. The zero-order valence-corrected chi connectivity index (χ0v) is 19.3. The molecule has 2 aliphatic carbocycles. The minimum absolute atomic E-state index is 0.0344. The van der Waals surface area contributed by atoms with Gasteiger partial charge < -0.3 is 14.0 Å². The highest BCUT2D eigenvalue weighted by atomic mass is 35.5. The Balaban J connectivity index is 1.44. The molecule has 0 spiro atoms. The van der Waals surface area contributed by atoms with Crippen LogP contribution in [-0.4, -0.2) is 23.4 Å². The Hall–Kier alpha value is -2.66. The Kier molecular flexibility index (Phi) is 5.76. The van der Waals surface area contributed by atoms with E-state index in [1.807, 2.05) is 50.2 Å². The van der Waals surface area contributed by atoms with Crippen LogP contribution in [0.5, 0.6) is 5.75 Å². The molecule has 168 valence electrons. The Labute approximate surface area is 193 Å². The van der Waals surface area contributed by atoms with Crippen LogP contribution in [0.25, 0.3) is 22.2 Å². The molecule has 6 heteroatoms. The summed E-state index contributed by atoms with van der Waals surface area (Å²) < 4.78 is 13.6. The summed E-state index contributed by atoms with van der Waals surface area (Å²) >= 11 is 6.92. The van der Waals surface area contributed by atoms with Crippen molar-refractivity contribution in [2.45, 2.75) is 58.1 Å². The number of carbonyl (C=O) groups excluding carboxylic acids is 1. The van der Waals surface area contributed by atoms with Crippen LogP contribution in [0.2, 0.25) is 5.02 Å². The number of rotatable bonds is 7. The zero-order valence-electron chi connectivity index (χ0n) is 18.6. The van der Waals surface area contributed by atoms with Gasteiger partial charge in [0.1, 0.15) is 11.9 Å². The first-order valence-electron chi connectivity index (χ1n) is 11.6. The van der Waals surface area contributed by atoms with Crippen molar-refractivity contribution < 1.29 is 14.3 Å². The fraction of sp³-hybridized carbons (Fsp3) is 0.423. The monoisotopic (exact) mass is 452 g/mol. The minimum atomic E-state index is -0.401. The molecule has 2 fully saturated rings. The van der Waals surface area contributed by atoms with Crippen molar-refractivity contribution in [3.8, 4) is 17.0 Å². The molecule has 32 heavy (non-hydrogen) atoms. The van der Waals surface area contributed by atoms with E-state index in [0.29, 0.717) is 24.3 Å². The number of halogens is 1. The summed E-state index contributed by atoms with van der Waals surface area (Å²) in [4.78, 5) is 12.2. The van der Waals surface area contributed by atoms with Gasteiger partial charge in [0.25, 0.3) is 0 Å². The Bertz CT molecular complexity index is 1130. The lowest BCUT2D eigenvalue weighted by molar-refractivity contribution is 0.108. The number of anilines is 1. The highest BCUT2D eigenvalue weighted by Gasteiger charge is 2.31. The quantitative estimate of drug-likeness (QED) is 0.405. The first kappa shape index (κ1) is 21.2. The normalized spacial score (nSPS) is 17.1. The van der Waals surface area contributed by atoms with Gasteiger partial charge in [-0.1, -0.05) is 23.7 Å². The van der Waals surface area contributed by atoms with E-state index in [9.17, 15) is 4.79 Å². The average molecular weight is 453 g/mol. The largest absolute Gasteiger partial charge is 0.494 e. The third-order valence-electron chi connectivity index (χ3n) is 6.65. The van der Waals surface area contributed by atoms with Gasteiger partial charge in [-0.2, -0.15) is 0 Å². The number of nitrogens with one attached hydrogen (secondary N) is 1. The summed E-state index contributed by atoms with van der Waals surface area (Å²) in [5.41, 5.74) is 3.88. The molecule has 5 rings (SSSR count). The highest BCUT2D eigenvalue weighted by molar-refractivity contribution is 6.38. The van der Waals surface area contributed by atoms with Crippen LogP contribution >= 0.6 is 11.6 Å². The molecule has 3 aromatic rings. The van der Waals surface area contributed by atoms with E-state index >= 15 is 0 Å². The number of ether oxygens (including phenoxy) is 2. The third-order valence-corrected chi connectivity index (χ3v) is 7.03. The van der Waals surface area contributed by atoms with Crippen molar-refractivity contribution in [2.75, 3.05) is 11.9 Å². The lowest BCUT2D eigenvalue weighted by Gasteiger charge is -2.30. The molecule has 1 aromatic heterocycles. The molecule has 1 unspecified atom stereocenters. The van der Waals surface area contributed by atoms with Gasteiger partial charge >= 0.3 is 6.09 Å². The maximum atomic E-state index is 12.2. The molecule has 5 nitrogen and oxygen atoms in total. The third kappa shape index (κ3) is 4.06. The zero-order chi connectivity index (χ0) is 22.2. The van der Waals surface area contributed by atoms with Gasteiger partial charge in [-0.25, -0.2) is 4.79 Å². The molecular formula is C26H29ClN2O3. The van der Waals surface area contributed by atoms with E-state index in [0.717, 1.165) is 58.6 Å². The van der Waals surface area contributed by atoms with Gasteiger partial charge in [0.05, 0.1) is 22.8 Å². The van der Waals surface area contributed by atoms with E-state index in [2.05, 4.69) is 16.0 Å². The molecule has 1 atom stereocenters. The summed E-state index contributed by atoms with van der Waals surface area (Å²) in [5.74, 6) is 1.38. The smallest absolute Gasteiger partial charge is 0.411 e. The predicted octanol–water partition coefficient (Wildman–Crippen LogP) is 7.43. The van der Waals surface area contributed by atoms with Crippen LogP contribution in [0, 0.1) is 5.92 Å². The van der Waals surface area contributed by atoms with Gasteiger partial charge in [-0.05, 0) is 81.7 Å². The summed E-state index contributed by atoms with van der Waals surface area (Å²) in [5, 5.41) is 4.64. The molecule has 0 radical (unpaired) electrons. The second kappa shape index (κ2) is 8.70. The fourth-order valence-corrected chi connectivity index (χ4v) is 4.85. The SMILES string of the molecule is CCOc1ccc2c(Cl)c(-c3ccc(NC(=O)OC(C)C4CC4)cc3)n(C3CCC3)c2c1. The maximum Gasteiger partial charge on any atom is 0.411 e. The fourth-order valence-electron chi connectivity index (χ4n) is 4.49. The molecular weight excluding hydrogens is 424 g/mol. The number of amides is 1. The first-order chi connectivity index (χ1) is 15.5. The van der Waals surface area contributed by atoms with Gasteiger partial charge in [0.15, 0.2) is 0 Å². The molecule has 2 aliphatic rings. The van der Waals surface area contributed by atoms with Crippen LogP contribution in [0.3, 0.4) is 0 Å². The first-order valence-corrected chi connectivity index (χ1v) is 12.0. The average Bonchev–Trinajstić information content (AvgIpc) is 3.55. The number of carbonyl (C=O) groups is 1. The van der Waals surface area contributed by atoms with Gasteiger partial charge in [-0.15, -0.1) is 0 Å². The summed E-state index contributed by atoms with van der Waals surface area (Å²) in [6, 6.07) is 14.4. The molecule has 1 amide bonds. The van der Waals surface area contributed by atoms with Gasteiger partial charge in [0.2, 0.25) is 0 Å². The van der Waals surface area contributed by atoms with E-state index in [1.165, 1.54) is 6.42 Å². The van der Waals surface area contributed by atoms with Crippen molar-refractivity contribution in [1.29, 1.82) is 0 Å². The summed E-state index contributed by atoms with van der Waals surface area (Å²) in [6.45, 7) is 4.58. The Morgan fingerprint density at radius 2 is 1.91 bits per heavy atom. The molecule has 0 saturated heterocycles. The summed E-state index contributed by atoms with van der Waals surface area (Å²) in [6.07, 6.45) is 5.38. The molecule has 0 aliphatic heterocycles. The van der Waals surface area contributed by atoms with Crippen LogP contribution in [0.4, 0.5) is 10.5 Å². The van der Waals surface area contributed by atoms with E-state index in [4.69, 9.17) is 21.1 Å². The van der Waals surface area contributed by atoms with Crippen molar-refractivity contribution in [3.05, 3.63) is 47.5 Å². The number of benzene rings is 2. The standard InChI is InChI=1S/C26H29ClN2O3/c1-3-31-21-13-14-22-23(15-21)29(20-5-4-6-20)25(24(22)27)18-9-11-19(12-10-18)28-26(30)32-16(2)17-7-8-17/h9-17,20H,3-8H2,1-2H3,(H,28,30). The van der Waals surface area contributed by atoms with Crippen LogP contribution in [0.15, 0.2) is 42.5 Å². The minimum Gasteiger partial charge on any atom is -0.494 e. The number of hydrogen-bond acceptors (Lipinski definition) is 3.